The lowest BCUT2D eigenvalue weighted by Gasteiger charge is -2.10. The first-order valence-electron chi connectivity index (χ1n) is 22.5. The molecule has 318 valence electrons. The number of fused-ring (bicyclic) bond motifs is 6. The molecule has 0 atom stereocenters. The quantitative estimate of drug-likeness (QED) is 0.151. The monoisotopic (exact) mass is 887 g/mol. The molecule has 9 aromatic carbocycles. The minimum atomic E-state index is 0.618. The average Bonchev–Trinajstić information content (AvgIpc) is 3.97. The highest BCUT2D eigenvalue weighted by Crippen LogP contribution is 2.43. The molecule has 0 aliphatic carbocycles. The number of thiophene rings is 1. The van der Waals surface area contributed by atoms with Gasteiger partial charge in [0.2, 0.25) is 0 Å². The summed E-state index contributed by atoms with van der Waals surface area (Å²) in [7, 11) is 0. The molecule has 7 nitrogen and oxygen atoms in total. The van der Waals surface area contributed by atoms with Crippen molar-refractivity contribution in [3.63, 3.8) is 0 Å². The first kappa shape index (κ1) is 39.4. The SMILES string of the molecule is c1ccc(-c2nc(-c3ccccc3)nc(-c3cccc4c3sc3ccc(-c5ccc6c(c5)c5c(-c7nc(-c8ccccc8)nc(-c8ccccc8)n7)cccc5n6-c5ccccc5)cc34)n2)cc1. The number of rotatable bonds is 8. The predicted molar refractivity (Wildman–Crippen MR) is 278 cm³/mol. The van der Waals surface area contributed by atoms with E-state index in [9.17, 15) is 0 Å². The Labute approximate surface area is 395 Å². The van der Waals surface area contributed by atoms with Gasteiger partial charge in [-0.1, -0.05) is 176 Å². The Morgan fingerprint density at radius 3 is 1.28 bits per heavy atom. The first-order valence-corrected chi connectivity index (χ1v) is 23.3. The van der Waals surface area contributed by atoms with E-state index in [-0.39, 0.29) is 0 Å². The number of para-hydroxylation sites is 1. The summed E-state index contributed by atoms with van der Waals surface area (Å²) in [5.41, 5.74) is 11.1. The van der Waals surface area contributed by atoms with Crippen LogP contribution < -0.4 is 0 Å². The van der Waals surface area contributed by atoms with Crippen molar-refractivity contribution in [1.29, 1.82) is 0 Å². The van der Waals surface area contributed by atoms with E-state index in [1.54, 1.807) is 11.3 Å². The molecule has 13 rings (SSSR count). The van der Waals surface area contributed by atoms with Crippen LogP contribution in [-0.2, 0) is 0 Å². The standard InChI is InChI=1S/C60H37N7S/c1-6-18-38(19-7-1)55-61-56(39-20-8-2-9-21-39)64-59(63-55)46-29-17-31-51-53(46)49-37-42(32-34-50(49)67(51)44-26-14-5-15-27-44)43-33-35-52-48(36-43)45-28-16-30-47(54(45)68-52)60-65-57(40-22-10-3-11-23-40)62-58(66-60)41-24-12-4-13-25-41/h1-37H. The molecule has 0 aliphatic heterocycles. The lowest BCUT2D eigenvalue weighted by atomic mass is 9.99. The van der Waals surface area contributed by atoms with Gasteiger partial charge in [-0.2, -0.15) is 0 Å². The van der Waals surface area contributed by atoms with Crippen LogP contribution in [-0.4, -0.2) is 34.5 Å². The smallest absolute Gasteiger partial charge is 0.165 e. The second kappa shape index (κ2) is 16.5. The summed E-state index contributed by atoms with van der Waals surface area (Å²) in [5.74, 6) is 3.81. The van der Waals surface area contributed by atoms with Crippen molar-refractivity contribution in [2.45, 2.75) is 0 Å². The van der Waals surface area contributed by atoms with Crippen LogP contribution >= 0.6 is 11.3 Å². The van der Waals surface area contributed by atoms with E-state index >= 15 is 0 Å². The van der Waals surface area contributed by atoms with Crippen LogP contribution in [0.5, 0.6) is 0 Å². The molecular formula is C60H37N7S. The van der Waals surface area contributed by atoms with E-state index in [1.807, 2.05) is 121 Å². The third-order valence-corrected chi connectivity index (χ3v) is 13.7. The number of benzene rings is 9. The zero-order valence-electron chi connectivity index (χ0n) is 36.4. The fraction of sp³-hybridized carbons (Fsp3) is 0. The van der Waals surface area contributed by atoms with Crippen molar-refractivity contribution in [2.24, 2.45) is 0 Å². The summed E-state index contributed by atoms with van der Waals surface area (Å²) in [4.78, 5) is 30.6. The van der Waals surface area contributed by atoms with E-state index in [4.69, 9.17) is 29.9 Å². The lowest BCUT2D eigenvalue weighted by molar-refractivity contribution is 1.08. The normalized spacial score (nSPS) is 11.5. The van der Waals surface area contributed by atoms with Gasteiger partial charge < -0.3 is 4.57 Å². The second-order valence-corrected chi connectivity index (χ2v) is 17.7. The van der Waals surface area contributed by atoms with Gasteiger partial charge in [-0.05, 0) is 59.7 Å². The third-order valence-electron chi connectivity index (χ3n) is 12.5. The van der Waals surface area contributed by atoms with E-state index in [0.29, 0.717) is 34.9 Å². The summed E-state index contributed by atoms with van der Waals surface area (Å²) in [5, 5.41) is 4.53. The Morgan fingerprint density at radius 2 is 0.735 bits per heavy atom. The summed E-state index contributed by atoms with van der Waals surface area (Å²) >= 11 is 1.77. The molecule has 0 bridgehead atoms. The number of nitrogens with zero attached hydrogens (tertiary/aromatic N) is 7. The van der Waals surface area contributed by atoms with Gasteiger partial charge in [0.1, 0.15) is 0 Å². The van der Waals surface area contributed by atoms with Gasteiger partial charge in [0.25, 0.3) is 0 Å². The zero-order valence-corrected chi connectivity index (χ0v) is 37.2. The minimum absolute atomic E-state index is 0.618. The Hall–Kier alpha value is -8.98. The van der Waals surface area contributed by atoms with Crippen molar-refractivity contribution in [1.82, 2.24) is 34.5 Å². The molecule has 0 aliphatic rings. The van der Waals surface area contributed by atoms with Gasteiger partial charge in [0, 0.05) is 70.0 Å². The maximum Gasteiger partial charge on any atom is 0.165 e. The van der Waals surface area contributed by atoms with Crippen LogP contribution in [0.3, 0.4) is 0 Å². The Bertz CT molecular complexity index is 3890. The molecule has 68 heavy (non-hydrogen) atoms. The Balaban J connectivity index is 0.987. The number of hydrogen-bond acceptors (Lipinski definition) is 7. The van der Waals surface area contributed by atoms with Gasteiger partial charge >= 0.3 is 0 Å². The predicted octanol–water partition coefficient (Wildman–Crippen LogP) is 15.2. The molecule has 0 amide bonds. The largest absolute Gasteiger partial charge is 0.309 e. The van der Waals surface area contributed by atoms with Crippen LogP contribution in [0.1, 0.15) is 0 Å². The summed E-state index contributed by atoms with van der Waals surface area (Å²) < 4.78 is 4.68. The fourth-order valence-electron chi connectivity index (χ4n) is 9.30. The van der Waals surface area contributed by atoms with Crippen molar-refractivity contribution >= 4 is 53.3 Å². The van der Waals surface area contributed by atoms with Crippen LogP contribution in [0.25, 0.3) is 127 Å². The molecule has 0 radical (unpaired) electrons. The average molecular weight is 888 g/mol. The van der Waals surface area contributed by atoms with Crippen LogP contribution in [0.15, 0.2) is 224 Å². The van der Waals surface area contributed by atoms with Crippen molar-refractivity contribution in [2.75, 3.05) is 0 Å². The Kier molecular flexibility index (Phi) is 9.54. The van der Waals surface area contributed by atoms with E-state index in [0.717, 1.165) is 82.1 Å². The zero-order chi connectivity index (χ0) is 45.0. The first-order chi connectivity index (χ1) is 33.7. The molecule has 8 heteroatoms. The van der Waals surface area contributed by atoms with Crippen LogP contribution in [0.4, 0.5) is 0 Å². The Morgan fingerprint density at radius 1 is 0.294 bits per heavy atom. The molecule has 13 aromatic rings. The molecule has 0 saturated carbocycles. The topological polar surface area (TPSA) is 82.3 Å². The summed E-state index contributed by atoms with van der Waals surface area (Å²) in [6.45, 7) is 0. The molecule has 0 N–H and O–H groups in total. The maximum absolute atomic E-state index is 5.20. The van der Waals surface area contributed by atoms with E-state index < -0.39 is 0 Å². The van der Waals surface area contributed by atoms with Gasteiger partial charge in [-0.15, -0.1) is 11.3 Å². The van der Waals surface area contributed by atoms with Gasteiger partial charge in [0.05, 0.1) is 11.0 Å². The summed E-state index contributed by atoms with van der Waals surface area (Å²) in [6.07, 6.45) is 0. The molecule has 0 fully saturated rings. The van der Waals surface area contributed by atoms with E-state index in [1.165, 1.54) is 10.1 Å². The molecule has 0 spiro atoms. The minimum Gasteiger partial charge on any atom is -0.309 e. The second-order valence-electron chi connectivity index (χ2n) is 16.7. The van der Waals surface area contributed by atoms with Crippen LogP contribution in [0.2, 0.25) is 0 Å². The fourth-order valence-corrected chi connectivity index (χ4v) is 10.5. The molecular weight excluding hydrogens is 851 g/mol. The molecule has 4 heterocycles. The van der Waals surface area contributed by atoms with Crippen LogP contribution in [0, 0.1) is 0 Å². The van der Waals surface area contributed by atoms with Crippen molar-refractivity contribution < 1.29 is 0 Å². The number of hydrogen-bond donors (Lipinski definition) is 0. The maximum atomic E-state index is 5.20. The molecule has 0 unspecified atom stereocenters. The summed E-state index contributed by atoms with van der Waals surface area (Å²) in [6, 6.07) is 77.7. The third kappa shape index (κ3) is 6.90. The van der Waals surface area contributed by atoms with E-state index in [2.05, 4.69) is 108 Å². The highest BCUT2D eigenvalue weighted by atomic mass is 32.1. The number of aromatic nitrogens is 7. The van der Waals surface area contributed by atoms with Gasteiger partial charge in [-0.3, -0.25) is 0 Å². The van der Waals surface area contributed by atoms with Crippen molar-refractivity contribution in [3.8, 4) is 85.1 Å². The van der Waals surface area contributed by atoms with Crippen molar-refractivity contribution in [3.05, 3.63) is 224 Å². The molecule has 4 aromatic heterocycles. The van der Waals surface area contributed by atoms with Gasteiger partial charge in [-0.25, -0.2) is 29.9 Å². The molecule has 0 saturated heterocycles. The highest BCUT2D eigenvalue weighted by Gasteiger charge is 2.22. The lowest BCUT2D eigenvalue weighted by Crippen LogP contribution is -2.00. The highest BCUT2D eigenvalue weighted by molar-refractivity contribution is 7.26. The van der Waals surface area contributed by atoms with Gasteiger partial charge in [0.15, 0.2) is 34.9 Å².